The first-order valence-electron chi connectivity index (χ1n) is 5.21. The van der Waals surface area contributed by atoms with E-state index in [1.807, 2.05) is 12.1 Å². The van der Waals surface area contributed by atoms with Crippen LogP contribution in [-0.2, 0) is 12.8 Å². The Balaban J connectivity index is 2.17. The van der Waals surface area contributed by atoms with Crippen LogP contribution in [0.1, 0.15) is 18.1 Å². The van der Waals surface area contributed by atoms with Gasteiger partial charge in [0.25, 0.3) is 0 Å². The quantitative estimate of drug-likeness (QED) is 0.747. The Hall–Kier alpha value is -1.02. The van der Waals surface area contributed by atoms with Crippen molar-refractivity contribution in [3.63, 3.8) is 0 Å². The molecule has 14 heavy (non-hydrogen) atoms. The molecule has 0 saturated heterocycles. The maximum Gasteiger partial charge on any atom is 0.115 e. The molecule has 0 saturated carbocycles. The molecule has 0 amide bonds. The van der Waals surface area contributed by atoms with Crippen molar-refractivity contribution in [3.05, 3.63) is 29.3 Å². The van der Waals surface area contributed by atoms with Gasteiger partial charge in [-0.15, -0.1) is 0 Å². The Morgan fingerprint density at radius 2 is 2.14 bits per heavy atom. The molecular formula is C12H17NO. The molecule has 0 aromatic heterocycles. The number of hydrogen-bond donors (Lipinski definition) is 2. The second-order valence-electron chi connectivity index (χ2n) is 4.33. The fourth-order valence-corrected chi connectivity index (χ4v) is 2.23. The van der Waals surface area contributed by atoms with E-state index in [0.29, 0.717) is 17.6 Å². The molecule has 0 aliphatic heterocycles. The third-order valence-electron chi connectivity index (χ3n) is 3.33. The predicted molar refractivity (Wildman–Crippen MR) is 57.2 cm³/mol. The summed E-state index contributed by atoms with van der Waals surface area (Å²) in [6, 6.07) is 5.70. The van der Waals surface area contributed by atoms with Gasteiger partial charge in [-0.2, -0.15) is 0 Å². The van der Waals surface area contributed by atoms with Crippen molar-refractivity contribution in [1.82, 2.24) is 0 Å². The number of phenols is 1. The van der Waals surface area contributed by atoms with Crippen molar-refractivity contribution in [2.45, 2.75) is 19.8 Å². The molecule has 1 aliphatic rings. The van der Waals surface area contributed by atoms with Gasteiger partial charge >= 0.3 is 0 Å². The van der Waals surface area contributed by atoms with Crippen LogP contribution in [0.5, 0.6) is 5.75 Å². The fraction of sp³-hybridized carbons (Fsp3) is 0.500. The summed E-state index contributed by atoms with van der Waals surface area (Å²) in [5.74, 6) is 1.62. The van der Waals surface area contributed by atoms with Crippen molar-refractivity contribution in [1.29, 1.82) is 0 Å². The van der Waals surface area contributed by atoms with E-state index in [2.05, 4.69) is 6.92 Å². The standard InChI is InChI=1S/C12H17NO/c1-8(7-13)10-4-9-2-3-12(14)6-11(9)5-10/h2-3,6,8,10,14H,4-5,7,13H2,1H3. The van der Waals surface area contributed by atoms with E-state index in [1.54, 1.807) is 6.07 Å². The first-order valence-corrected chi connectivity index (χ1v) is 5.21. The van der Waals surface area contributed by atoms with Gasteiger partial charge in [-0.05, 0) is 54.5 Å². The van der Waals surface area contributed by atoms with Crippen LogP contribution in [0.2, 0.25) is 0 Å². The zero-order valence-electron chi connectivity index (χ0n) is 8.53. The van der Waals surface area contributed by atoms with Crippen LogP contribution in [0.15, 0.2) is 18.2 Å². The third kappa shape index (κ3) is 1.62. The van der Waals surface area contributed by atoms with Crippen LogP contribution in [0, 0.1) is 11.8 Å². The van der Waals surface area contributed by atoms with Crippen molar-refractivity contribution < 1.29 is 5.11 Å². The monoisotopic (exact) mass is 191 g/mol. The van der Waals surface area contributed by atoms with Crippen LogP contribution in [-0.4, -0.2) is 11.7 Å². The largest absolute Gasteiger partial charge is 0.508 e. The Morgan fingerprint density at radius 1 is 1.43 bits per heavy atom. The summed E-state index contributed by atoms with van der Waals surface area (Å²) < 4.78 is 0. The molecule has 0 radical (unpaired) electrons. The molecule has 2 unspecified atom stereocenters. The summed E-state index contributed by atoms with van der Waals surface area (Å²) >= 11 is 0. The van der Waals surface area contributed by atoms with Crippen LogP contribution in [0.3, 0.4) is 0 Å². The average molecular weight is 191 g/mol. The molecule has 2 nitrogen and oxygen atoms in total. The van der Waals surface area contributed by atoms with Crippen molar-refractivity contribution in [2.24, 2.45) is 17.6 Å². The smallest absolute Gasteiger partial charge is 0.115 e. The highest BCUT2D eigenvalue weighted by molar-refractivity contribution is 5.38. The van der Waals surface area contributed by atoms with Gasteiger partial charge < -0.3 is 10.8 Å². The lowest BCUT2D eigenvalue weighted by atomic mass is 9.91. The molecule has 76 valence electrons. The fourth-order valence-electron chi connectivity index (χ4n) is 2.23. The van der Waals surface area contributed by atoms with Gasteiger partial charge in [0.15, 0.2) is 0 Å². The molecule has 2 atom stereocenters. The Bertz CT molecular complexity index is 335. The summed E-state index contributed by atoms with van der Waals surface area (Å²) in [5.41, 5.74) is 8.35. The van der Waals surface area contributed by atoms with Crippen LogP contribution in [0.4, 0.5) is 0 Å². The molecule has 1 aromatic carbocycles. The van der Waals surface area contributed by atoms with Gasteiger partial charge in [-0.3, -0.25) is 0 Å². The third-order valence-corrected chi connectivity index (χ3v) is 3.33. The van der Waals surface area contributed by atoms with Crippen molar-refractivity contribution in [3.8, 4) is 5.75 Å². The lowest BCUT2D eigenvalue weighted by Crippen LogP contribution is -2.20. The molecule has 1 aromatic rings. The normalized spacial score (nSPS) is 22.0. The Kier molecular flexibility index (Phi) is 2.46. The summed E-state index contributed by atoms with van der Waals surface area (Å²) in [5, 5.41) is 9.35. The minimum atomic E-state index is 0.379. The lowest BCUT2D eigenvalue weighted by molar-refractivity contribution is 0.382. The topological polar surface area (TPSA) is 46.2 Å². The maximum atomic E-state index is 9.35. The van der Waals surface area contributed by atoms with Crippen LogP contribution >= 0.6 is 0 Å². The SMILES string of the molecule is CC(CN)C1Cc2ccc(O)cc2C1. The highest BCUT2D eigenvalue weighted by Gasteiger charge is 2.25. The molecule has 0 bridgehead atoms. The minimum Gasteiger partial charge on any atom is -0.508 e. The van der Waals surface area contributed by atoms with E-state index < -0.39 is 0 Å². The van der Waals surface area contributed by atoms with E-state index in [-0.39, 0.29) is 0 Å². The van der Waals surface area contributed by atoms with Gasteiger partial charge in [0.1, 0.15) is 5.75 Å². The van der Waals surface area contributed by atoms with Gasteiger partial charge in [-0.1, -0.05) is 13.0 Å². The number of benzene rings is 1. The number of nitrogens with two attached hydrogens (primary N) is 1. The molecule has 3 N–H and O–H groups in total. The highest BCUT2D eigenvalue weighted by atomic mass is 16.3. The molecule has 0 spiro atoms. The number of phenolic OH excluding ortho intramolecular Hbond substituents is 1. The molecule has 2 rings (SSSR count). The summed E-state index contributed by atoms with van der Waals surface area (Å²) in [6.07, 6.45) is 2.19. The van der Waals surface area contributed by atoms with E-state index in [4.69, 9.17) is 5.73 Å². The number of hydrogen-bond acceptors (Lipinski definition) is 2. The number of fused-ring (bicyclic) bond motifs is 1. The Morgan fingerprint density at radius 3 is 2.86 bits per heavy atom. The lowest BCUT2D eigenvalue weighted by Gasteiger charge is -2.15. The van der Waals surface area contributed by atoms with Crippen LogP contribution in [0.25, 0.3) is 0 Å². The first-order chi connectivity index (χ1) is 6.70. The molecule has 0 fully saturated rings. The molecular weight excluding hydrogens is 174 g/mol. The average Bonchev–Trinajstić information content (AvgIpc) is 2.59. The van der Waals surface area contributed by atoms with E-state index in [0.717, 1.165) is 19.4 Å². The maximum absolute atomic E-state index is 9.35. The zero-order chi connectivity index (χ0) is 10.1. The number of aromatic hydroxyl groups is 1. The van der Waals surface area contributed by atoms with Crippen molar-refractivity contribution in [2.75, 3.05) is 6.54 Å². The van der Waals surface area contributed by atoms with Gasteiger partial charge in [-0.25, -0.2) is 0 Å². The Labute approximate surface area is 84.7 Å². The summed E-state index contributed by atoms with van der Waals surface area (Å²) in [6.45, 7) is 2.96. The molecule has 0 heterocycles. The van der Waals surface area contributed by atoms with Crippen LogP contribution < -0.4 is 5.73 Å². The number of rotatable bonds is 2. The minimum absolute atomic E-state index is 0.379. The van der Waals surface area contributed by atoms with Crippen molar-refractivity contribution >= 4 is 0 Å². The first kappa shape index (κ1) is 9.53. The zero-order valence-corrected chi connectivity index (χ0v) is 8.53. The summed E-state index contributed by atoms with van der Waals surface area (Å²) in [7, 11) is 0. The van der Waals surface area contributed by atoms with E-state index in [1.165, 1.54) is 11.1 Å². The van der Waals surface area contributed by atoms with Gasteiger partial charge in [0.05, 0.1) is 0 Å². The molecule has 2 heteroatoms. The molecule has 1 aliphatic carbocycles. The second-order valence-corrected chi connectivity index (χ2v) is 4.33. The summed E-state index contributed by atoms with van der Waals surface area (Å²) in [4.78, 5) is 0. The second kappa shape index (κ2) is 3.62. The predicted octanol–water partition coefficient (Wildman–Crippen LogP) is 1.70. The highest BCUT2D eigenvalue weighted by Crippen LogP contribution is 2.32. The van der Waals surface area contributed by atoms with E-state index >= 15 is 0 Å². The van der Waals surface area contributed by atoms with E-state index in [9.17, 15) is 5.11 Å². The van der Waals surface area contributed by atoms with Gasteiger partial charge in [0.2, 0.25) is 0 Å². The van der Waals surface area contributed by atoms with Gasteiger partial charge in [0, 0.05) is 0 Å².